The third-order valence-electron chi connectivity index (χ3n) is 6.00. The van der Waals surface area contributed by atoms with E-state index < -0.39 is 23.8 Å². The molecule has 0 fully saturated rings. The summed E-state index contributed by atoms with van der Waals surface area (Å²) in [5.74, 6) is -0.706. The quantitative estimate of drug-likeness (QED) is 0.208. The van der Waals surface area contributed by atoms with Gasteiger partial charge >= 0.3 is 12.1 Å². The molecule has 0 aromatic heterocycles. The van der Waals surface area contributed by atoms with Crippen molar-refractivity contribution in [3.8, 4) is 16.9 Å². The average Bonchev–Trinajstić information content (AvgIpc) is 2.90. The molecule has 0 aliphatic carbocycles. The third-order valence-corrected chi connectivity index (χ3v) is 6.23. The predicted molar refractivity (Wildman–Crippen MR) is 162 cm³/mol. The number of carboxylic acid groups (broad SMARTS) is 1. The van der Waals surface area contributed by atoms with Gasteiger partial charge in [-0.1, -0.05) is 74.0 Å². The number of halogens is 1. The van der Waals surface area contributed by atoms with Crippen LogP contribution in [0.3, 0.4) is 0 Å². The number of benzene rings is 3. The summed E-state index contributed by atoms with van der Waals surface area (Å²) < 4.78 is 11.7. The topological polar surface area (TPSA) is 108 Å². The molecule has 3 aromatic carbocycles. The summed E-state index contributed by atoms with van der Waals surface area (Å²) in [7, 11) is 0. The maximum atomic E-state index is 13.1. The van der Waals surface area contributed by atoms with Gasteiger partial charge in [0.05, 0.1) is 24.9 Å². The number of carbonyl (C=O) groups excluding carboxylic acids is 1. The van der Waals surface area contributed by atoms with Crippen LogP contribution in [0.4, 0.5) is 10.5 Å². The normalized spacial score (nSPS) is 12.1. The van der Waals surface area contributed by atoms with E-state index in [1.165, 1.54) is 4.90 Å². The minimum Gasteiger partial charge on any atom is -0.490 e. The molecule has 3 aromatic rings. The molecule has 0 spiro atoms. The van der Waals surface area contributed by atoms with Crippen LogP contribution in [-0.4, -0.2) is 59.0 Å². The molecule has 0 aliphatic heterocycles. The van der Waals surface area contributed by atoms with Gasteiger partial charge in [-0.3, -0.25) is 0 Å². The van der Waals surface area contributed by atoms with Gasteiger partial charge in [0, 0.05) is 23.7 Å². The summed E-state index contributed by atoms with van der Waals surface area (Å²) in [4.78, 5) is 26.7. The van der Waals surface area contributed by atoms with Crippen molar-refractivity contribution in [3.05, 3.63) is 82.9 Å². The number of rotatable bonds is 12. The lowest BCUT2D eigenvalue weighted by Gasteiger charge is -2.29. The van der Waals surface area contributed by atoms with Crippen LogP contribution in [-0.2, 0) is 4.74 Å². The summed E-state index contributed by atoms with van der Waals surface area (Å²) in [5, 5.41) is 24.7. The zero-order valence-electron chi connectivity index (χ0n) is 24.2. The first-order valence-electron chi connectivity index (χ1n) is 13.6. The molecule has 9 heteroatoms. The zero-order valence-corrected chi connectivity index (χ0v) is 24.9. The number of carbonyl (C=O) groups is 2. The Morgan fingerprint density at radius 3 is 2.34 bits per heavy atom. The molecule has 0 heterocycles. The molecule has 0 unspecified atom stereocenters. The number of aliphatic hydroxyl groups excluding tert-OH is 1. The minimum atomic E-state index is -1.11. The van der Waals surface area contributed by atoms with Gasteiger partial charge in [0.15, 0.2) is 5.75 Å². The number of aliphatic hydroxyl groups is 1. The first-order chi connectivity index (χ1) is 19.4. The van der Waals surface area contributed by atoms with Crippen molar-refractivity contribution < 1.29 is 29.3 Å². The molecule has 3 rings (SSSR count). The smallest absolute Gasteiger partial charge is 0.410 e. The predicted octanol–water partition coefficient (Wildman–Crippen LogP) is 7.12. The fourth-order valence-corrected chi connectivity index (χ4v) is 4.31. The molecule has 0 saturated carbocycles. The van der Waals surface area contributed by atoms with Gasteiger partial charge in [-0.2, -0.15) is 0 Å². The number of carboxylic acids is 1. The van der Waals surface area contributed by atoms with Crippen LogP contribution in [0.25, 0.3) is 11.1 Å². The van der Waals surface area contributed by atoms with Gasteiger partial charge in [0.1, 0.15) is 11.2 Å². The second-order valence-electron chi connectivity index (χ2n) is 11.2. The van der Waals surface area contributed by atoms with E-state index in [0.717, 1.165) is 11.1 Å². The minimum absolute atomic E-state index is 0.0334. The van der Waals surface area contributed by atoms with Gasteiger partial charge in [-0.05, 0) is 56.0 Å². The fraction of sp³-hybridized carbons (Fsp3) is 0.375. The molecular formula is C32H39ClN2O6. The highest BCUT2D eigenvalue weighted by Gasteiger charge is 2.26. The largest absolute Gasteiger partial charge is 0.490 e. The Balaban J connectivity index is 1.93. The van der Waals surface area contributed by atoms with Crippen molar-refractivity contribution in [2.45, 2.75) is 46.3 Å². The molecule has 3 N–H and O–H groups in total. The van der Waals surface area contributed by atoms with Crippen LogP contribution < -0.4 is 10.1 Å². The molecule has 0 aliphatic rings. The van der Waals surface area contributed by atoms with Crippen molar-refractivity contribution in [3.63, 3.8) is 0 Å². The lowest BCUT2D eigenvalue weighted by Crippen LogP contribution is -2.41. The average molecular weight is 583 g/mol. The Kier molecular flexibility index (Phi) is 11.0. The molecule has 1 atom stereocenters. The molecule has 220 valence electrons. The number of hydrogen-bond donors (Lipinski definition) is 3. The van der Waals surface area contributed by atoms with Crippen LogP contribution in [0.2, 0.25) is 5.02 Å². The Bertz CT molecular complexity index is 1320. The summed E-state index contributed by atoms with van der Waals surface area (Å²) in [6, 6.07) is 19.7. The first-order valence-corrected chi connectivity index (χ1v) is 14.0. The molecule has 0 radical (unpaired) electrons. The number of nitrogens with one attached hydrogen (secondary N) is 1. The Hall–Kier alpha value is -3.75. The fourth-order valence-electron chi connectivity index (χ4n) is 4.11. The van der Waals surface area contributed by atoms with Crippen LogP contribution in [0.15, 0.2) is 66.7 Å². The monoisotopic (exact) mass is 582 g/mol. The standard InChI is InChI=1S/C32H39ClN2O6/c1-21(2)20-40-29-26(30(37)38)15-14-25(22-10-7-6-8-11-22)28(29)34-16-17-35(31(39)41-32(3,4)5)19-27(36)23-12-9-13-24(33)18-23/h6-15,18,21,27,34,36H,16-17,19-20H2,1-5H3,(H,37,38)/t27-/m0/s1. The van der Waals surface area contributed by atoms with E-state index in [1.807, 2.05) is 44.2 Å². The van der Waals surface area contributed by atoms with Crippen molar-refractivity contribution in [2.75, 3.05) is 31.6 Å². The van der Waals surface area contributed by atoms with Crippen molar-refractivity contribution in [1.82, 2.24) is 4.90 Å². The second kappa shape index (κ2) is 14.2. The first kappa shape index (κ1) is 31.8. The number of amides is 1. The Labute approximate surface area is 246 Å². The lowest BCUT2D eigenvalue weighted by atomic mass is 10.00. The van der Waals surface area contributed by atoms with Crippen molar-refractivity contribution in [1.29, 1.82) is 0 Å². The van der Waals surface area contributed by atoms with E-state index in [4.69, 9.17) is 21.1 Å². The maximum absolute atomic E-state index is 13.1. The zero-order chi connectivity index (χ0) is 30.2. The highest BCUT2D eigenvalue weighted by molar-refractivity contribution is 6.30. The number of anilines is 1. The van der Waals surface area contributed by atoms with Gasteiger partial charge in [0.25, 0.3) is 0 Å². The number of nitrogens with zero attached hydrogens (tertiary/aromatic N) is 1. The van der Waals surface area contributed by atoms with E-state index in [9.17, 15) is 19.8 Å². The lowest BCUT2D eigenvalue weighted by molar-refractivity contribution is 0.0153. The van der Waals surface area contributed by atoms with Gasteiger partial charge in [0.2, 0.25) is 0 Å². The van der Waals surface area contributed by atoms with Crippen LogP contribution >= 0.6 is 11.6 Å². The molecule has 0 saturated heterocycles. The van der Waals surface area contributed by atoms with Crippen LogP contribution in [0.5, 0.6) is 5.75 Å². The second-order valence-corrected chi connectivity index (χ2v) is 11.6. The summed E-state index contributed by atoms with van der Waals surface area (Å²) >= 11 is 6.11. The molecule has 0 bridgehead atoms. The van der Waals surface area contributed by atoms with E-state index in [-0.39, 0.29) is 36.9 Å². The summed E-state index contributed by atoms with van der Waals surface area (Å²) in [6.07, 6.45) is -1.58. The SMILES string of the molecule is CC(C)COc1c(C(=O)O)ccc(-c2ccccc2)c1NCCN(C[C@H](O)c1cccc(Cl)c1)C(=O)OC(C)(C)C. The van der Waals surface area contributed by atoms with Crippen molar-refractivity contribution in [2.24, 2.45) is 5.92 Å². The number of hydrogen-bond acceptors (Lipinski definition) is 6. The number of ether oxygens (including phenoxy) is 2. The van der Waals surface area contributed by atoms with E-state index in [0.29, 0.717) is 22.9 Å². The molecular weight excluding hydrogens is 544 g/mol. The maximum Gasteiger partial charge on any atom is 0.410 e. The molecule has 41 heavy (non-hydrogen) atoms. The Morgan fingerprint density at radius 1 is 1.02 bits per heavy atom. The van der Waals surface area contributed by atoms with Gasteiger partial charge in [-0.25, -0.2) is 9.59 Å². The molecule has 8 nitrogen and oxygen atoms in total. The van der Waals surface area contributed by atoms with Gasteiger partial charge in [-0.15, -0.1) is 0 Å². The summed E-state index contributed by atoms with van der Waals surface area (Å²) in [5.41, 5.74) is 2.02. The van der Waals surface area contributed by atoms with E-state index in [2.05, 4.69) is 5.32 Å². The van der Waals surface area contributed by atoms with Crippen molar-refractivity contribution >= 4 is 29.4 Å². The van der Waals surface area contributed by atoms with Crippen LogP contribution in [0, 0.1) is 5.92 Å². The van der Waals surface area contributed by atoms with E-state index in [1.54, 1.807) is 57.2 Å². The van der Waals surface area contributed by atoms with E-state index >= 15 is 0 Å². The highest BCUT2D eigenvalue weighted by atomic mass is 35.5. The van der Waals surface area contributed by atoms with Gasteiger partial charge < -0.3 is 29.9 Å². The third kappa shape index (κ3) is 9.40. The van der Waals surface area contributed by atoms with Crippen LogP contribution in [0.1, 0.15) is 56.6 Å². The highest BCUT2D eigenvalue weighted by Crippen LogP contribution is 2.39. The Morgan fingerprint density at radius 2 is 1.73 bits per heavy atom. The molecule has 1 amide bonds. The summed E-state index contributed by atoms with van der Waals surface area (Å²) in [6.45, 7) is 9.96. The number of aromatic carboxylic acids is 1.